The highest BCUT2D eigenvalue weighted by molar-refractivity contribution is 5.86. The Kier molecular flexibility index (Phi) is 5.57. The first kappa shape index (κ1) is 21.4. The maximum Gasteiger partial charge on any atom is 0.233 e. The van der Waals surface area contributed by atoms with Crippen LogP contribution >= 0.6 is 0 Å². The monoisotopic (exact) mass is 429 g/mol. The molecule has 1 aromatic carbocycles. The number of amides is 1. The number of aromatic nitrogens is 4. The highest BCUT2D eigenvalue weighted by Crippen LogP contribution is 2.30. The molecule has 0 radical (unpaired) electrons. The van der Waals surface area contributed by atoms with Crippen molar-refractivity contribution >= 4 is 5.91 Å². The van der Waals surface area contributed by atoms with Gasteiger partial charge >= 0.3 is 0 Å². The van der Waals surface area contributed by atoms with Crippen LogP contribution in [0.25, 0.3) is 34.0 Å². The molecule has 0 fully saturated rings. The van der Waals surface area contributed by atoms with Crippen molar-refractivity contribution in [1.82, 2.24) is 25.0 Å². The Hall–Kier alpha value is -3.87. The molecule has 0 bridgehead atoms. The first-order valence-electron chi connectivity index (χ1n) is 10.3. The molecule has 0 aliphatic rings. The third-order valence-corrected chi connectivity index (χ3v) is 5.41. The molecule has 32 heavy (non-hydrogen) atoms. The zero-order valence-electron chi connectivity index (χ0n) is 18.8. The minimum Gasteiger partial charge on any atom is -0.354 e. The minimum atomic E-state index is -0.768. The van der Waals surface area contributed by atoms with Crippen molar-refractivity contribution < 1.29 is 10.7 Å². The van der Waals surface area contributed by atoms with Gasteiger partial charge in [0.05, 0.1) is 28.7 Å². The van der Waals surface area contributed by atoms with E-state index in [4.69, 9.17) is 9.51 Å². The number of likely N-dealkylation sites (N-methyl/N-ethyl adjacent to an activating group) is 1. The first-order valence-corrected chi connectivity index (χ1v) is 10.3. The van der Waals surface area contributed by atoms with Gasteiger partial charge in [-0.05, 0) is 32.9 Å². The fourth-order valence-electron chi connectivity index (χ4n) is 3.55. The highest BCUT2D eigenvalue weighted by Gasteiger charge is 2.33. The van der Waals surface area contributed by atoms with Gasteiger partial charge in [0.1, 0.15) is 11.4 Å². The van der Waals surface area contributed by atoms with Crippen molar-refractivity contribution in [3.05, 3.63) is 72.3 Å². The Morgan fingerprint density at radius 3 is 2.47 bits per heavy atom. The van der Waals surface area contributed by atoms with Crippen LogP contribution in [-0.2, 0) is 10.2 Å². The van der Waals surface area contributed by atoms with Gasteiger partial charge in [0, 0.05) is 38.9 Å². The second-order valence-electron chi connectivity index (χ2n) is 8.39. The van der Waals surface area contributed by atoms with E-state index in [1.54, 1.807) is 31.4 Å². The maximum atomic E-state index is 12.7. The van der Waals surface area contributed by atoms with Gasteiger partial charge in [0.2, 0.25) is 5.91 Å². The maximum absolute atomic E-state index is 12.7. The van der Waals surface area contributed by atoms with Gasteiger partial charge in [-0.25, -0.2) is 4.98 Å². The summed E-state index contributed by atoms with van der Waals surface area (Å²) in [5.74, 6) is 0.529. The van der Waals surface area contributed by atoms with Crippen LogP contribution < -0.4 is 0 Å². The summed E-state index contributed by atoms with van der Waals surface area (Å²) in [7, 11) is 3.49. The normalized spacial score (nSPS) is 11.4. The van der Waals surface area contributed by atoms with E-state index in [9.17, 15) is 4.79 Å². The van der Waals surface area contributed by atoms with E-state index < -0.39 is 5.41 Å². The quantitative estimate of drug-likeness (QED) is 0.454. The lowest BCUT2D eigenvalue weighted by atomic mass is 9.86. The van der Waals surface area contributed by atoms with Crippen molar-refractivity contribution in [2.45, 2.75) is 26.2 Å². The smallest absolute Gasteiger partial charge is 0.233 e. The number of carbonyl (C=O) groups excluding carboxylic acids is 1. The SMILES string of the molecule is Cc1ncc(-c2ccnc(C(C)(C)C(=O)N(C)C)c2)nc1-c1cc(-c2ccccc2)no1.[HH]. The molecule has 7 heteroatoms. The molecular formula is C25H27N5O2. The van der Waals surface area contributed by atoms with Crippen LogP contribution in [0, 0.1) is 6.92 Å². The van der Waals surface area contributed by atoms with Gasteiger partial charge in [-0.15, -0.1) is 0 Å². The lowest BCUT2D eigenvalue weighted by Crippen LogP contribution is -2.39. The number of nitrogens with zero attached hydrogens (tertiary/aromatic N) is 5. The molecule has 0 aliphatic carbocycles. The number of aryl methyl sites for hydroxylation is 1. The van der Waals surface area contributed by atoms with E-state index in [1.807, 2.05) is 69.3 Å². The average Bonchev–Trinajstić information content (AvgIpc) is 3.29. The number of benzene rings is 1. The van der Waals surface area contributed by atoms with Crippen molar-refractivity contribution in [2.75, 3.05) is 14.1 Å². The number of pyridine rings is 1. The van der Waals surface area contributed by atoms with Crippen molar-refractivity contribution in [1.29, 1.82) is 0 Å². The molecular weight excluding hydrogens is 402 g/mol. The summed E-state index contributed by atoms with van der Waals surface area (Å²) in [5, 5.41) is 4.19. The van der Waals surface area contributed by atoms with Crippen LogP contribution in [0.4, 0.5) is 0 Å². The molecule has 7 nitrogen and oxygen atoms in total. The highest BCUT2D eigenvalue weighted by atomic mass is 16.5. The van der Waals surface area contributed by atoms with Gasteiger partial charge < -0.3 is 9.42 Å². The zero-order chi connectivity index (χ0) is 22.9. The van der Waals surface area contributed by atoms with Gasteiger partial charge in [0.25, 0.3) is 0 Å². The Bertz CT molecular complexity index is 1270. The largest absolute Gasteiger partial charge is 0.354 e. The number of rotatable bonds is 5. The van der Waals surface area contributed by atoms with Crippen LogP contribution in [0.15, 0.2) is 65.4 Å². The van der Waals surface area contributed by atoms with Crippen molar-refractivity contribution in [3.63, 3.8) is 0 Å². The van der Waals surface area contributed by atoms with Crippen molar-refractivity contribution in [3.8, 4) is 34.0 Å². The van der Waals surface area contributed by atoms with Gasteiger partial charge in [0.15, 0.2) is 5.76 Å². The molecule has 4 aromatic rings. The summed E-state index contributed by atoms with van der Waals surface area (Å²) >= 11 is 0. The fourth-order valence-corrected chi connectivity index (χ4v) is 3.55. The molecule has 0 unspecified atom stereocenters. The molecule has 0 aliphatic heterocycles. The van der Waals surface area contributed by atoms with Gasteiger partial charge in [-0.2, -0.15) is 0 Å². The molecule has 0 saturated heterocycles. The Morgan fingerprint density at radius 2 is 1.75 bits per heavy atom. The lowest BCUT2D eigenvalue weighted by Gasteiger charge is -2.26. The Balaban J connectivity index is 0.00000306. The van der Waals surface area contributed by atoms with E-state index in [0.29, 0.717) is 22.8 Å². The lowest BCUT2D eigenvalue weighted by molar-refractivity contribution is -0.133. The molecule has 0 spiro atoms. The molecule has 0 saturated carbocycles. The number of hydrogen-bond donors (Lipinski definition) is 0. The van der Waals surface area contributed by atoms with Crippen LogP contribution in [-0.4, -0.2) is 45.0 Å². The van der Waals surface area contributed by atoms with E-state index in [2.05, 4.69) is 15.1 Å². The summed E-state index contributed by atoms with van der Waals surface area (Å²) in [6.07, 6.45) is 3.41. The molecule has 164 valence electrons. The summed E-state index contributed by atoms with van der Waals surface area (Å²) in [4.78, 5) is 28.0. The third kappa shape index (κ3) is 4.01. The molecule has 4 rings (SSSR count). The molecule has 0 atom stereocenters. The molecule has 1 amide bonds. The van der Waals surface area contributed by atoms with Gasteiger partial charge in [-0.1, -0.05) is 35.5 Å². The average molecular weight is 430 g/mol. The number of hydrogen-bond acceptors (Lipinski definition) is 6. The summed E-state index contributed by atoms with van der Waals surface area (Å²) in [6, 6.07) is 15.4. The fraction of sp³-hybridized carbons (Fsp3) is 0.240. The Labute approximate surface area is 188 Å². The van der Waals surface area contributed by atoms with Gasteiger partial charge in [-0.3, -0.25) is 14.8 Å². The van der Waals surface area contributed by atoms with E-state index in [1.165, 1.54) is 0 Å². The second kappa shape index (κ2) is 8.34. The zero-order valence-corrected chi connectivity index (χ0v) is 18.8. The summed E-state index contributed by atoms with van der Waals surface area (Å²) in [5.41, 5.74) is 4.46. The van der Waals surface area contributed by atoms with Crippen LogP contribution in [0.2, 0.25) is 0 Å². The minimum absolute atomic E-state index is 0. The molecule has 3 heterocycles. The van der Waals surface area contributed by atoms with Crippen LogP contribution in [0.1, 0.15) is 26.7 Å². The summed E-state index contributed by atoms with van der Waals surface area (Å²) in [6.45, 7) is 5.62. The van der Waals surface area contributed by atoms with Crippen LogP contribution in [0.5, 0.6) is 0 Å². The summed E-state index contributed by atoms with van der Waals surface area (Å²) < 4.78 is 5.60. The second-order valence-corrected chi connectivity index (χ2v) is 8.39. The predicted molar refractivity (Wildman–Crippen MR) is 125 cm³/mol. The molecule has 3 aromatic heterocycles. The van der Waals surface area contributed by atoms with E-state index in [-0.39, 0.29) is 7.33 Å². The molecule has 0 N–H and O–H groups in total. The Morgan fingerprint density at radius 1 is 1.00 bits per heavy atom. The standard InChI is InChI=1S/C25H25N5O2.H2/c1-16-23(21-14-19(29-32-21)17-9-7-6-8-10-17)28-20(15-27-16)18-11-12-26-22(13-18)25(2,3)24(31)30(4)5;/h6-15H,1-5H3;1H. The van der Waals surface area contributed by atoms with Crippen LogP contribution in [0.3, 0.4) is 0 Å². The number of carbonyl (C=O) groups is 1. The van der Waals surface area contributed by atoms with E-state index >= 15 is 0 Å². The predicted octanol–water partition coefficient (Wildman–Crippen LogP) is 4.78. The van der Waals surface area contributed by atoms with E-state index in [0.717, 1.165) is 22.5 Å². The van der Waals surface area contributed by atoms with Crippen molar-refractivity contribution in [2.24, 2.45) is 0 Å². The first-order chi connectivity index (χ1) is 15.3. The third-order valence-electron chi connectivity index (χ3n) is 5.41. The topological polar surface area (TPSA) is 85.0 Å².